The number of morpholine rings is 1. The molecule has 2 atom stereocenters. The van der Waals surface area contributed by atoms with Gasteiger partial charge in [-0.25, -0.2) is 4.79 Å². The minimum atomic E-state index is -0.743. The lowest BCUT2D eigenvalue weighted by Gasteiger charge is -2.37. The van der Waals surface area contributed by atoms with Gasteiger partial charge in [-0.3, -0.25) is 4.79 Å². The molecule has 0 radical (unpaired) electrons. The molecule has 7 nitrogen and oxygen atoms in total. The highest BCUT2D eigenvalue weighted by Gasteiger charge is 2.31. The third-order valence-electron chi connectivity index (χ3n) is 4.22. The minimum Gasteiger partial charge on any atom is -0.481 e. The molecule has 1 heterocycles. The van der Waals surface area contributed by atoms with Crippen molar-refractivity contribution in [1.29, 1.82) is 0 Å². The summed E-state index contributed by atoms with van der Waals surface area (Å²) in [4.78, 5) is 24.8. The highest BCUT2D eigenvalue weighted by molar-refractivity contribution is 5.75. The Morgan fingerprint density at radius 2 is 1.90 bits per heavy atom. The van der Waals surface area contributed by atoms with Crippen LogP contribution in [0.4, 0.5) is 4.79 Å². The molecule has 1 saturated heterocycles. The summed E-state index contributed by atoms with van der Waals surface area (Å²) in [5.41, 5.74) is 0. The molecule has 0 aromatic heterocycles. The Hall–Kier alpha value is -1.34. The number of nitrogens with zero attached hydrogens (tertiary/aromatic N) is 1. The first kappa shape index (κ1) is 16.0. The normalized spacial score (nSPS) is 33.5. The number of rotatable bonds is 3. The lowest BCUT2D eigenvalue weighted by Crippen LogP contribution is -2.55. The van der Waals surface area contributed by atoms with Crippen molar-refractivity contribution in [2.45, 2.75) is 50.9 Å². The molecule has 0 aromatic rings. The van der Waals surface area contributed by atoms with Gasteiger partial charge in [0.15, 0.2) is 0 Å². The monoisotopic (exact) mass is 300 g/mol. The van der Waals surface area contributed by atoms with E-state index in [4.69, 9.17) is 9.84 Å². The quantitative estimate of drug-likeness (QED) is 0.701. The van der Waals surface area contributed by atoms with Crippen molar-refractivity contribution in [2.24, 2.45) is 5.92 Å². The predicted octanol–water partition coefficient (Wildman–Crippen LogP) is 0.421. The molecule has 21 heavy (non-hydrogen) atoms. The van der Waals surface area contributed by atoms with Gasteiger partial charge < -0.3 is 25.2 Å². The van der Waals surface area contributed by atoms with Gasteiger partial charge in [-0.2, -0.15) is 0 Å². The van der Waals surface area contributed by atoms with Crippen molar-refractivity contribution in [3.8, 4) is 0 Å². The van der Waals surface area contributed by atoms with E-state index in [1.54, 1.807) is 4.90 Å². The van der Waals surface area contributed by atoms with Gasteiger partial charge in [-0.1, -0.05) is 0 Å². The van der Waals surface area contributed by atoms with Crippen LogP contribution in [-0.4, -0.2) is 65.1 Å². The molecular weight excluding hydrogens is 276 g/mol. The maximum absolute atomic E-state index is 12.3. The van der Waals surface area contributed by atoms with Crippen LogP contribution in [0.5, 0.6) is 0 Å². The molecule has 1 aliphatic heterocycles. The third-order valence-corrected chi connectivity index (χ3v) is 4.22. The largest absolute Gasteiger partial charge is 0.481 e. The van der Waals surface area contributed by atoms with Crippen LogP contribution in [0, 0.1) is 5.92 Å². The highest BCUT2D eigenvalue weighted by Crippen LogP contribution is 2.24. The van der Waals surface area contributed by atoms with Crippen molar-refractivity contribution in [3.63, 3.8) is 0 Å². The Bertz CT molecular complexity index is 382. The second-order valence-electron chi connectivity index (χ2n) is 5.99. The van der Waals surface area contributed by atoms with Crippen LogP contribution in [0.1, 0.15) is 32.6 Å². The van der Waals surface area contributed by atoms with Crippen molar-refractivity contribution in [2.75, 3.05) is 19.7 Å². The molecule has 2 amide bonds. The van der Waals surface area contributed by atoms with Crippen molar-refractivity contribution in [1.82, 2.24) is 10.2 Å². The Morgan fingerprint density at radius 3 is 2.48 bits per heavy atom. The number of aliphatic hydroxyl groups excluding tert-OH is 1. The highest BCUT2D eigenvalue weighted by atomic mass is 16.5. The molecule has 120 valence electrons. The van der Waals surface area contributed by atoms with Gasteiger partial charge in [-0.15, -0.1) is 0 Å². The zero-order valence-electron chi connectivity index (χ0n) is 12.3. The number of aliphatic hydroxyl groups is 1. The Morgan fingerprint density at radius 1 is 1.24 bits per heavy atom. The first-order chi connectivity index (χ1) is 9.99. The van der Waals surface area contributed by atoms with Crippen LogP contribution in [-0.2, 0) is 9.53 Å². The number of ether oxygens (including phenoxy) is 1. The van der Waals surface area contributed by atoms with E-state index in [0.717, 1.165) is 0 Å². The zero-order chi connectivity index (χ0) is 15.4. The van der Waals surface area contributed by atoms with Gasteiger partial charge in [0.05, 0.1) is 31.3 Å². The second kappa shape index (κ2) is 7.09. The van der Waals surface area contributed by atoms with Crippen LogP contribution in [0.15, 0.2) is 0 Å². The summed E-state index contributed by atoms with van der Waals surface area (Å²) in [6.45, 7) is 2.67. The number of aliphatic carboxylic acids is 1. The molecule has 2 rings (SSSR count). The van der Waals surface area contributed by atoms with Gasteiger partial charge in [0, 0.05) is 12.6 Å². The molecule has 1 saturated carbocycles. The van der Waals surface area contributed by atoms with E-state index in [-0.39, 0.29) is 36.8 Å². The van der Waals surface area contributed by atoms with Crippen molar-refractivity contribution in [3.05, 3.63) is 0 Å². The van der Waals surface area contributed by atoms with Gasteiger partial charge in [0.1, 0.15) is 0 Å². The lowest BCUT2D eigenvalue weighted by molar-refractivity contribution is -0.142. The SMILES string of the molecule is CC1CN(C(=O)NC2CCC(C(=O)O)CC2)CC(CO)O1. The summed E-state index contributed by atoms with van der Waals surface area (Å²) in [7, 11) is 0. The smallest absolute Gasteiger partial charge is 0.317 e. The van der Waals surface area contributed by atoms with E-state index in [9.17, 15) is 14.7 Å². The van der Waals surface area contributed by atoms with Gasteiger partial charge in [0.2, 0.25) is 0 Å². The van der Waals surface area contributed by atoms with E-state index < -0.39 is 5.97 Å². The summed E-state index contributed by atoms with van der Waals surface area (Å²) in [5, 5.41) is 21.1. The number of hydrogen-bond donors (Lipinski definition) is 3. The molecule has 3 N–H and O–H groups in total. The third kappa shape index (κ3) is 4.31. The molecular formula is C14H24N2O5. The molecule has 0 bridgehead atoms. The standard InChI is InChI=1S/C14H24N2O5/c1-9-6-16(7-12(8-17)21-9)14(20)15-11-4-2-10(3-5-11)13(18)19/h9-12,17H,2-8H2,1H3,(H,15,20)(H,18,19). The number of carboxylic acids is 1. The maximum Gasteiger partial charge on any atom is 0.317 e. The molecule has 0 spiro atoms. The second-order valence-corrected chi connectivity index (χ2v) is 5.99. The molecule has 2 unspecified atom stereocenters. The van der Waals surface area contributed by atoms with Crippen molar-refractivity contribution < 1.29 is 24.5 Å². The first-order valence-corrected chi connectivity index (χ1v) is 7.54. The fourth-order valence-corrected chi connectivity index (χ4v) is 3.06. The summed E-state index contributed by atoms with van der Waals surface area (Å²) in [6, 6.07) is -0.110. The predicted molar refractivity (Wildman–Crippen MR) is 74.9 cm³/mol. The summed E-state index contributed by atoms with van der Waals surface area (Å²) in [6.07, 6.45) is 2.20. The minimum absolute atomic E-state index is 0.0406. The number of urea groups is 1. The average molecular weight is 300 g/mol. The molecule has 0 aromatic carbocycles. The van der Waals surface area contributed by atoms with E-state index in [1.807, 2.05) is 6.92 Å². The molecule has 2 fully saturated rings. The number of hydrogen-bond acceptors (Lipinski definition) is 4. The fourth-order valence-electron chi connectivity index (χ4n) is 3.06. The Balaban J connectivity index is 1.80. The molecule has 1 aliphatic carbocycles. The van der Waals surface area contributed by atoms with Crippen LogP contribution >= 0.6 is 0 Å². The number of amides is 2. The summed E-state index contributed by atoms with van der Waals surface area (Å²) >= 11 is 0. The van der Waals surface area contributed by atoms with Gasteiger partial charge in [0.25, 0.3) is 0 Å². The maximum atomic E-state index is 12.3. The van der Waals surface area contributed by atoms with Gasteiger partial charge >= 0.3 is 12.0 Å². The van der Waals surface area contributed by atoms with E-state index in [1.165, 1.54) is 0 Å². The average Bonchev–Trinajstić information content (AvgIpc) is 2.47. The lowest BCUT2D eigenvalue weighted by atomic mass is 9.86. The molecule has 2 aliphatic rings. The van der Waals surface area contributed by atoms with Crippen LogP contribution in [0.25, 0.3) is 0 Å². The summed E-state index contributed by atoms with van der Waals surface area (Å²) in [5.74, 6) is -1.02. The molecule has 7 heteroatoms. The number of carboxylic acid groups (broad SMARTS) is 1. The van der Waals surface area contributed by atoms with Crippen LogP contribution < -0.4 is 5.32 Å². The fraction of sp³-hybridized carbons (Fsp3) is 0.857. The number of nitrogens with one attached hydrogen (secondary N) is 1. The van der Waals surface area contributed by atoms with E-state index in [0.29, 0.717) is 38.8 Å². The van der Waals surface area contributed by atoms with Crippen LogP contribution in [0.3, 0.4) is 0 Å². The Kier molecular flexibility index (Phi) is 5.41. The topological polar surface area (TPSA) is 99.1 Å². The first-order valence-electron chi connectivity index (χ1n) is 7.54. The zero-order valence-corrected chi connectivity index (χ0v) is 12.3. The van der Waals surface area contributed by atoms with E-state index in [2.05, 4.69) is 5.32 Å². The Labute approximate surface area is 124 Å². The van der Waals surface area contributed by atoms with E-state index >= 15 is 0 Å². The number of carbonyl (C=O) groups excluding carboxylic acids is 1. The van der Waals surface area contributed by atoms with Crippen LogP contribution in [0.2, 0.25) is 0 Å². The van der Waals surface area contributed by atoms with Gasteiger partial charge in [-0.05, 0) is 32.6 Å². The van der Waals surface area contributed by atoms with Crippen molar-refractivity contribution >= 4 is 12.0 Å². The number of carbonyl (C=O) groups is 2. The summed E-state index contributed by atoms with van der Waals surface area (Å²) < 4.78 is 5.51.